The van der Waals surface area contributed by atoms with E-state index in [-0.39, 0.29) is 0 Å². The van der Waals surface area contributed by atoms with Gasteiger partial charge in [0.25, 0.3) is 0 Å². The van der Waals surface area contributed by atoms with Crippen molar-refractivity contribution in [3.8, 4) is 0 Å². The molecular weight excluding hydrogens is 198 g/mol. The molecule has 1 aliphatic heterocycles. The molecule has 1 aromatic heterocycles. The molecule has 1 fully saturated rings. The molecule has 0 amide bonds. The van der Waals surface area contributed by atoms with Crippen LogP contribution < -0.4 is 5.73 Å². The second kappa shape index (κ2) is 4.14. The molecule has 5 heteroatoms. The second-order valence-electron chi connectivity index (χ2n) is 3.30. The predicted octanol–water partition coefficient (Wildman–Crippen LogP) is 1.33. The molecule has 0 spiro atoms. The first kappa shape index (κ1) is 9.73. The molecule has 14 heavy (non-hydrogen) atoms. The van der Waals surface area contributed by atoms with Crippen LogP contribution in [0.25, 0.3) is 0 Å². The summed E-state index contributed by atoms with van der Waals surface area (Å²) in [6.45, 7) is 2.94. The highest BCUT2D eigenvalue weighted by Crippen LogP contribution is 2.31. The van der Waals surface area contributed by atoms with Crippen LogP contribution in [-0.4, -0.2) is 27.9 Å². The maximum absolute atomic E-state index is 5.57. The van der Waals surface area contributed by atoms with E-state index in [0.717, 1.165) is 18.1 Å². The van der Waals surface area contributed by atoms with Crippen LogP contribution in [-0.2, 0) is 4.74 Å². The van der Waals surface area contributed by atoms with Crippen molar-refractivity contribution in [3.63, 3.8) is 0 Å². The Bertz CT molecular complexity index is 321. The quantitative estimate of drug-likeness (QED) is 0.748. The van der Waals surface area contributed by atoms with Crippen molar-refractivity contribution in [3.05, 3.63) is 12.4 Å². The second-order valence-corrected chi connectivity index (χ2v) is 4.56. The fraction of sp³-hybridized carbons (Fsp3) is 0.556. The van der Waals surface area contributed by atoms with E-state index >= 15 is 0 Å². The Labute approximate surface area is 87.3 Å². The fourth-order valence-electron chi connectivity index (χ4n) is 1.44. The van der Waals surface area contributed by atoms with Gasteiger partial charge in [-0.2, -0.15) is 0 Å². The van der Waals surface area contributed by atoms with Gasteiger partial charge in [-0.05, 0) is 13.3 Å². The maximum Gasteiger partial charge on any atom is 0.127 e. The van der Waals surface area contributed by atoms with Crippen LogP contribution >= 0.6 is 11.8 Å². The Hall–Kier alpha value is -0.810. The largest absolute Gasteiger partial charge is 0.384 e. The van der Waals surface area contributed by atoms with Crippen molar-refractivity contribution in [2.75, 3.05) is 12.3 Å². The summed E-state index contributed by atoms with van der Waals surface area (Å²) in [6, 6.07) is 1.80. The third-order valence-corrected chi connectivity index (χ3v) is 3.63. The van der Waals surface area contributed by atoms with E-state index in [9.17, 15) is 0 Å². The zero-order valence-electron chi connectivity index (χ0n) is 8.01. The lowest BCUT2D eigenvalue weighted by Gasteiger charge is -2.12. The first-order valence-corrected chi connectivity index (χ1v) is 5.49. The molecule has 4 nitrogen and oxygen atoms in total. The van der Waals surface area contributed by atoms with Crippen molar-refractivity contribution in [1.82, 2.24) is 9.97 Å². The number of aromatic nitrogens is 2. The summed E-state index contributed by atoms with van der Waals surface area (Å²) in [5.41, 5.74) is 5.57. The van der Waals surface area contributed by atoms with Gasteiger partial charge in [0, 0.05) is 17.9 Å². The highest BCUT2D eigenvalue weighted by Gasteiger charge is 2.25. The summed E-state index contributed by atoms with van der Waals surface area (Å²) >= 11 is 1.72. The number of anilines is 1. The van der Waals surface area contributed by atoms with Crippen molar-refractivity contribution < 1.29 is 4.74 Å². The molecule has 1 saturated heterocycles. The third kappa shape index (κ3) is 2.16. The molecule has 0 aromatic carbocycles. The molecule has 76 valence electrons. The van der Waals surface area contributed by atoms with Crippen LogP contribution in [0.2, 0.25) is 0 Å². The van der Waals surface area contributed by atoms with Crippen LogP contribution in [0, 0.1) is 0 Å². The number of hydrogen-bond acceptors (Lipinski definition) is 5. The van der Waals surface area contributed by atoms with Gasteiger partial charge in [-0.3, -0.25) is 0 Å². The lowest BCUT2D eigenvalue weighted by atomic mass is 10.3. The molecule has 2 N–H and O–H groups in total. The van der Waals surface area contributed by atoms with Gasteiger partial charge in [0.2, 0.25) is 0 Å². The van der Waals surface area contributed by atoms with E-state index < -0.39 is 0 Å². The van der Waals surface area contributed by atoms with Crippen LogP contribution in [0.5, 0.6) is 0 Å². The summed E-state index contributed by atoms with van der Waals surface area (Å²) in [4.78, 5) is 8.01. The molecule has 2 unspecified atom stereocenters. The minimum atomic E-state index is 0.302. The number of ether oxygens (including phenoxy) is 1. The van der Waals surface area contributed by atoms with Crippen molar-refractivity contribution in [2.45, 2.75) is 29.7 Å². The minimum Gasteiger partial charge on any atom is -0.384 e. The molecular formula is C9H13N3OS. The summed E-state index contributed by atoms with van der Waals surface area (Å²) in [5.74, 6) is 0.522. The van der Waals surface area contributed by atoms with Crippen molar-refractivity contribution in [2.24, 2.45) is 0 Å². The average molecular weight is 211 g/mol. The van der Waals surface area contributed by atoms with Gasteiger partial charge in [-0.25, -0.2) is 9.97 Å². The van der Waals surface area contributed by atoms with E-state index in [1.807, 2.05) is 0 Å². The average Bonchev–Trinajstić information content (AvgIpc) is 2.52. The number of nitrogen functional groups attached to an aromatic ring is 1. The summed E-state index contributed by atoms with van der Waals surface area (Å²) < 4.78 is 5.47. The molecule has 0 radical (unpaired) electrons. The van der Waals surface area contributed by atoms with Crippen LogP contribution in [0.3, 0.4) is 0 Å². The number of hydrogen-bond donors (Lipinski definition) is 1. The van der Waals surface area contributed by atoms with Crippen LogP contribution in [0.4, 0.5) is 5.82 Å². The van der Waals surface area contributed by atoms with E-state index in [0.29, 0.717) is 17.2 Å². The predicted molar refractivity (Wildman–Crippen MR) is 56.1 cm³/mol. The highest BCUT2D eigenvalue weighted by molar-refractivity contribution is 7.99. The monoisotopic (exact) mass is 211 g/mol. The van der Waals surface area contributed by atoms with Gasteiger partial charge in [0.15, 0.2) is 0 Å². The molecule has 1 aliphatic rings. The summed E-state index contributed by atoms with van der Waals surface area (Å²) in [6.07, 6.45) is 2.88. The lowest BCUT2D eigenvalue weighted by molar-refractivity contribution is 0.127. The molecule has 1 aromatic rings. The topological polar surface area (TPSA) is 61.0 Å². The fourth-order valence-corrected chi connectivity index (χ4v) is 2.53. The molecule has 2 rings (SSSR count). The first-order valence-electron chi connectivity index (χ1n) is 4.61. The van der Waals surface area contributed by atoms with Gasteiger partial charge in [-0.15, -0.1) is 11.8 Å². The highest BCUT2D eigenvalue weighted by atomic mass is 32.2. The normalized spacial score (nSPS) is 26.6. The van der Waals surface area contributed by atoms with Gasteiger partial charge in [-0.1, -0.05) is 0 Å². The van der Waals surface area contributed by atoms with Crippen molar-refractivity contribution >= 4 is 17.6 Å². The molecule has 0 saturated carbocycles. The summed E-state index contributed by atoms with van der Waals surface area (Å²) in [7, 11) is 0. The van der Waals surface area contributed by atoms with Gasteiger partial charge < -0.3 is 10.5 Å². The Morgan fingerprint density at radius 3 is 3.07 bits per heavy atom. The first-order chi connectivity index (χ1) is 6.75. The van der Waals surface area contributed by atoms with E-state index in [1.165, 1.54) is 6.33 Å². The maximum atomic E-state index is 5.57. The number of thioether (sulfide) groups is 1. The Morgan fingerprint density at radius 2 is 2.43 bits per heavy atom. The van der Waals surface area contributed by atoms with E-state index in [4.69, 9.17) is 10.5 Å². The number of nitrogens with zero attached hydrogens (tertiary/aromatic N) is 2. The molecule has 0 aliphatic carbocycles. The van der Waals surface area contributed by atoms with Crippen LogP contribution in [0.15, 0.2) is 17.4 Å². The lowest BCUT2D eigenvalue weighted by Crippen LogP contribution is -2.13. The van der Waals surface area contributed by atoms with Gasteiger partial charge in [0.05, 0.1) is 6.10 Å². The number of rotatable bonds is 2. The Balaban J connectivity index is 2.03. The van der Waals surface area contributed by atoms with Gasteiger partial charge >= 0.3 is 0 Å². The molecule has 2 atom stereocenters. The van der Waals surface area contributed by atoms with E-state index in [2.05, 4.69) is 16.9 Å². The van der Waals surface area contributed by atoms with Crippen LogP contribution in [0.1, 0.15) is 13.3 Å². The SMILES string of the molecule is CC1OCCC1Sc1cc(N)ncn1. The zero-order valence-corrected chi connectivity index (χ0v) is 8.83. The van der Waals surface area contributed by atoms with E-state index in [1.54, 1.807) is 17.8 Å². The Kier molecular flexibility index (Phi) is 2.88. The Morgan fingerprint density at radius 1 is 1.57 bits per heavy atom. The smallest absolute Gasteiger partial charge is 0.127 e. The minimum absolute atomic E-state index is 0.302. The molecule has 0 bridgehead atoms. The van der Waals surface area contributed by atoms with Gasteiger partial charge in [0.1, 0.15) is 17.2 Å². The summed E-state index contributed by atoms with van der Waals surface area (Å²) in [5, 5.41) is 1.42. The number of nitrogens with two attached hydrogens (primary N) is 1. The van der Waals surface area contributed by atoms with Crippen molar-refractivity contribution in [1.29, 1.82) is 0 Å². The molecule has 2 heterocycles. The zero-order chi connectivity index (χ0) is 9.97. The standard InChI is InChI=1S/C9H13N3OS/c1-6-7(2-3-13-6)14-9-4-8(10)11-5-12-9/h4-7H,2-3H2,1H3,(H2,10,11,12). The third-order valence-electron chi connectivity index (χ3n) is 2.24.